The molecule has 1 aliphatic rings. The second-order valence-corrected chi connectivity index (χ2v) is 6.85. The summed E-state index contributed by atoms with van der Waals surface area (Å²) in [4.78, 5) is 14.8. The third-order valence-electron chi connectivity index (χ3n) is 4.99. The molecule has 1 amide bonds. The Morgan fingerprint density at radius 1 is 1.15 bits per heavy atom. The number of rotatable bonds is 4. The maximum Gasteiger partial charge on any atom is 0.231 e. The highest BCUT2D eigenvalue weighted by Gasteiger charge is 2.28. The van der Waals surface area contributed by atoms with Crippen LogP contribution in [0.5, 0.6) is 0 Å². The van der Waals surface area contributed by atoms with Crippen LogP contribution in [0.25, 0.3) is 5.65 Å². The predicted octanol–water partition coefficient (Wildman–Crippen LogP) is 2.57. The molecule has 3 aromatic rings. The van der Waals surface area contributed by atoms with Gasteiger partial charge in [0.05, 0.1) is 5.92 Å². The van der Waals surface area contributed by atoms with Crippen molar-refractivity contribution < 1.29 is 4.79 Å². The van der Waals surface area contributed by atoms with Crippen LogP contribution in [0.4, 0.5) is 5.95 Å². The zero-order valence-corrected chi connectivity index (χ0v) is 14.9. The molecule has 134 valence electrons. The monoisotopic (exact) mass is 349 g/mol. The molecule has 0 saturated carbocycles. The molecule has 0 spiro atoms. The van der Waals surface area contributed by atoms with Crippen LogP contribution in [-0.2, 0) is 11.3 Å². The molecule has 1 saturated heterocycles. The van der Waals surface area contributed by atoms with Crippen LogP contribution in [0.2, 0.25) is 0 Å². The van der Waals surface area contributed by atoms with Crippen molar-refractivity contribution in [3.63, 3.8) is 0 Å². The number of piperidine rings is 1. The van der Waals surface area contributed by atoms with E-state index >= 15 is 0 Å². The Hall–Kier alpha value is -2.89. The number of hydrogen-bond acceptors (Lipinski definition) is 4. The average Bonchev–Trinajstić information content (AvgIpc) is 3.13. The third-order valence-corrected chi connectivity index (χ3v) is 4.99. The van der Waals surface area contributed by atoms with E-state index in [2.05, 4.69) is 24.8 Å². The summed E-state index contributed by atoms with van der Waals surface area (Å²) in [7, 11) is 0. The number of aromatic nitrogens is 3. The number of amides is 1. The normalized spacial score (nSPS) is 17.4. The molecule has 0 radical (unpaired) electrons. The summed E-state index contributed by atoms with van der Waals surface area (Å²) in [6.45, 7) is 4.20. The molecule has 4 rings (SSSR count). The van der Waals surface area contributed by atoms with E-state index in [4.69, 9.17) is 0 Å². The predicted molar refractivity (Wildman–Crippen MR) is 101 cm³/mol. The number of fused-ring (bicyclic) bond motifs is 1. The van der Waals surface area contributed by atoms with Crippen molar-refractivity contribution in [2.75, 3.05) is 18.0 Å². The van der Waals surface area contributed by atoms with Gasteiger partial charge in [0, 0.05) is 25.3 Å². The zero-order chi connectivity index (χ0) is 17.9. The number of carbonyl (C=O) groups excluding carboxylic acids is 1. The molecule has 6 heteroatoms. The van der Waals surface area contributed by atoms with E-state index in [0.29, 0.717) is 13.1 Å². The van der Waals surface area contributed by atoms with Gasteiger partial charge >= 0.3 is 0 Å². The summed E-state index contributed by atoms with van der Waals surface area (Å²) >= 11 is 0. The van der Waals surface area contributed by atoms with Crippen LogP contribution in [-0.4, -0.2) is 33.6 Å². The highest BCUT2D eigenvalue weighted by Crippen LogP contribution is 2.23. The van der Waals surface area contributed by atoms with Crippen molar-refractivity contribution in [2.24, 2.45) is 5.92 Å². The second-order valence-electron chi connectivity index (χ2n) is 6.85. The molecule has 6 nitrogen and oxygen atoms in total. The number of nitrogens with zero attached hydrogens (tertiary/aromatic N) is 4. The van der Waals surface area contributed by atoms with Gasteiger partial charge in [-0.1, -0.05) is 36.4 Å². The average molecular weight is 349 g/mol. The van der Waals surface area contributed by atoms with E-state index < -0.39 is 0 Å². The van der Waals surface area contributed by atoms with Crippen LogP contribution in [0.3, 0.4) is 0 Å². The molecular weight excluding hydrogens is 326 g/mol. The Bertz CT molecular complexity index is 905. The van der Waals surface area contributed by atoms with Gasteiger partial charge in [-0.05, 0) is 37.5 Å². The summed E-state index contributed by atoms with van der Waals surface area (Å²) in [5.74, 6) is 0.923. The van der Waals surface area contributed by atoms with Gasteiger partial charge in [-0.2, -0.15) is 0 Å². The van der Waals surface area contributed by atoms with Crippen LogP contribution in [0, 0.1) is 12.8 Å². The Kier molecular flexibility index (Phi) is 4.56. The van der Waals surface area contributed by atoms with Crippen molar-refractivity contribution in [3.8, 4) is 0 Å². The molecule has 26 heavy (non-hydrogen) atoms. The Morgan fingerprint density at radius 3 is 2.85 bits per heavy atom. The van der Waals surface area contributed by atoms with E-state index in [1.165, 1.54) is 0 Å². The van der Waals surface area contributed by atoms with E-state index in [0.717, 1.165) is 42.2 Å². The maximum absolute atomic E-state index is 12.6. The fourth-order valence-corrected chi connectivity index (χ4v) is 3.59. The topological polar surface area (TPSA) is 62.5 Å². The van der Waals surface area contributed by atoms with Gasteiger partial charge < -0.3 is 10.2 Å². The smallest absolute Gasteiger partial charge is 0.231 e. The lowest BCUT2D eigenvalue weighted by molar-refractivity contribution is -0.125. The van der Waals surface area contributed by atoms with Gasteiger partial charge in [0.25, 0.3) is 0 Å². The molecule has 1 N–H and O–H groups in total. The summed E-state index contributed by atoms with van der Waals surface area (Å²) in [5, 5.41) is 11.7. The lowest BCUT2D eigenvalue weighted by atomic mass is 9.97. The van der Waals surface area contributed by atoms with Crippen molar-refractivity contribution in [1.82, 2.24) is 19.9 Å². The van der Waals surface area contributed by atoms with E-state index in [1.54, 1.807) is 0 Å². The highest BCUT2D eigenvalue weighted by atomic mass is 16.1. The van der Waals surface area contributed by atoms with Crippen LogP contribution in [0.1, 0.15) is 24.1 Å². The Morgan fingerprint density at radius 2 is 2.00 bits per heavy atom. The minimum absolute atomic E-state index is 0.0242. The number of anilines is 1. The third kappa shape index (κ3) is 3.27. The van der Waals surface area contributed by atoms with Gasteiger partial charge in [0.2, 0.25) is 11.9 Å². The fraction of sp³-hybridized carbons (Fsp3) is 0.350. The first-order valence-electron chi connectivity index (χ1n) is 9.10. The molecule has 1 fully saturated rings. The quantitative estimate of drug-likeness (QED) is 0.786. The number of nitrogens with one attached hydrogen (secondary N) is 1. The van der Waals surface area contributed by atoms with E-state index in [9.17, 15) is 4.79 Å². The van der Waals surface area contributed by atoms with Gasteiger partial charge in [-0.15, -0.1) is 10.2 Å². The van der Waals surface area contributed by atoms with E-state index in [-0.39, 0.29) is 11.8 Å². The van der Waals surface area contributed by atoms with Crippen molar-refractivity contribution in [3.05, 3.63) is 59.8 Å². The lowest BCUT2D eigenvalue weighted by Crippen LogP contribution is -2.43. The van der Waals surface area contributed by atoms with Crippen LogP contribution in [0.15, 0.2) is 48.5 Å². The number of pyridine rings is 1. The largest absolute Gasteiger partial charge is 0.352 e. The summed E-state index contributed by atoms with van der Waals surface area (Å²) in [6.07, 6.45) is 1.89. The highest BCUT2D eigenvalue weighted by molar-refractivity contribution is 5.79. The minimum atomic E-state index is -0.0242. The summed E-state index contributed by atoms with van der Waals surface area (Å²) < 4.78 is 2.06. The molecule has 0 bridgehead atoms. The SMILES string of the molecule is Cc1cccc2nnc(N3CCCC(C(=O)NCc4ccccc4)C3)n12. The lowest BCUT2D eigenvalue weighted by Gasteiger charge is -2.32. The summed E-state index contributed by atoms with van der Waals surface area (Å²) in [5.41, 5.74) is 3.06. The number of benzene rings is 1. The van der Waals surface area contributed by atoms with Gasteiger partial charge in [0.15, 0.2) is 5.65 Å². The van der Waals surface area contributed by atoms with Crippen molar-refractivity contribution >= 4 is 17.5 Å². The minimum Gasteiger partial charge on any atom is -0.352 e. The number of aryl methyl sites for hydroxylation is 1. The molecule has 1 aliphatic heterocycles. The Balaban J connectivity index is 1.46. The molecule has 2 aromatic heterocycles. The molecule has 1 unspecified atom stereocenters. The second kappa shape index (κ2) is 7.15. The van der Waals surface area contributed by atoms with Gasteiger partial charge in [-0.25, -0.2) is 0 Å². The zero-order valence-electron chi connectivity index (χ0n) is 14.9. The molecule has 0 aliphatic carbocycles. The van der Waals surface area contributed by atoms with Crippen LogP contribution < -0.4 is 10.2 Å². The summed E-state index contributed by atoms with van der Waals surface area (Å²) in [6, 6.07) is 16.0. The van der Waals surface area contributed by atoms with Crippen molar-refractivity contribution in [1.29, 1.82) is 0 Å². The molecule has 1 atom stereocenters. The molecule has 3 heterocycles. The fourth-order valence-electron chi connectivity index (χ4n) is 3.59. The van der Waals surface area contributed by atoms with Crippen molar-refractivity contribution in [2.45, 2.75) is 26.3 Å². The maximum atomic E-state index is 12.6. The number of hydrogen-bond donors (Lipinski definition) is 1. The standard InChI is InChI=1S/C20H23N5O/c1-15-7-5-11-18-22-23-20(25(15)18)24-12-6-10-17(14-24)19(26)21-13-16-8-3-2-4-9-16/h2-5,7-9,11,17H,6,10,12-14H2,1H3,(H,21,26). The first kappa shape index (κ1) is 16.6. The molecule has 1 aromatic carbocycles. The Labute approximate surface area is 152 Å². The van der Waals surface area contributed by atoms with Crippen LogP contribution >= 0.6 is 0 Å². The first-order chi connectivity index (χ1) is 12.7. The number of carbonyl (C=O) groups is 1. The first-order valence-corrected chi connectivity index (χ1v) is 9.10. The van der Waals surface area contributed by atoms with E-state index in [1.807, 2.05) is 55.5 Å². The van der Waals surface area contributed by atoms with Gasteiger partial charge in [-0.3, -0.25) is 9.20 Å². The van der Waals surface area contributed by atoms with Gasteiger partial charge in [0.1, 0.15) is 0 Å². The molecular formula is C20H23N5O.